The molecule has 110 valence electrons. The van der Waals surface area contributed by atoms with Crippen molar-refractivity contribution in [1.82, 2.24) is 0 Å². The summed E-state index contributed by atoms with van der Waals surface area (Å²) in [5.74, 6) is 0. The highest BCUT2D eigenvalue weighted by molar-refractivity contribution is 7.94. The monoisotopic (exact) mass is 342 g/mol. The van der Waals surface area contributed by atoms with E-state index in [2.05, 4.69) is 4.72 Å². The molecule has 0 radical (unpaired) electrons. The minimum atomic E-state index is -3.78. The van der Waals surface area contributed by atoms with Crippen molar-refractivity contribution < 1.29 is 16.8 Å². The van der Waals surface area contributed by atoms with Crippen LogP contribution in [0.2, 0.25) is 0 Å². The number of sulfonamides is 1. The molecule has 0 aliphatic carbocycles. The Morgan fingerprint density at radius 2 is 1.67 bits per heavy atom. The molecule has 0 aliphatic heterocycles. The first kappa shape index (κ1) is 15.5. The van der Waals surface area contributed by atoms with Crippen LogP contribution in [0.5, 0.6) is 0 Å². The Morgan fingerprint density at radius 1 is 1.05 bits per heavy atom. The van der Waals surface area contributed by atoms with Gasteiger partial charge in [-0.3, -0.25) is 4.72 Å². The highest BCUT2D eigenvalue weighted by atomic mass is 32.2. The quantitative estimate of drug-likeness (QED) is 0.912. The SMILES string of the molecule is CS(=O)(=O)c1ccc(NS(=O)(=O)c2ccc(C#N)s2)cc1. The highest BCUT2D eigenvalue weighted by Gasteiger charge is 2.17. The fraction of sp³-hybridized carbons (Fsp3) is 0.0833. The van der Waals surface area contributed by atoms with E-state index in [0.717, 1.165) is 17.6 Å². The van der Waals surface area contributed by atoms with Gasteiger partial charge in [0.05, 0.1) is 4.90 Å². The maximum absolute atomic E-state index is 12.1. The summed E-state index contributed by atoms with van der Waals surface area (Å²) in [5.41, 5.74) is 0.245. The Bertz CT molecular complexity index is 904. The summed E-state index contributed by atoms with van der Waals surface area (Å²) < 4.78 is 49.2. The third-order valence-electron chi connectivity index (χ3n) is 2.49. The van der Waals surface area contributed by atoms with Crippen LogP contribution in [0.3, 0.4) is 0 Å². The molecule has 0 spiro atoms. The van der Waals surface area contributed by atoms with Crippen molar-refractivity contribution in [2.24, 2.45) is 0 Å². The standard InChI is InChI=1S/C12H10N2O4S3/c1-20(15,16)11-5-2-9(3-6-11)14-21(17,18)12-7-4-10(8-13)19-12/h2-7,14H,1H3. The molecule has 1 aromatic heterocycles. The second-order valence-corrected chi connectivity index (χ2v) is 9.14. The van der Waals surface area contributed by atoms with Crippen LogP contribution in [-0.2, 0) is 19.9 Å². The Hall–Kier alpha value is -1.89. The molecule has 2 rings (SSSR count). The predicted octanol–water partition coefficient (Wildman–Crippen LogP) is 1.82. The van der Waals surface area contributed by atoms with Crippen molar-refractivity contribution >= 4 is 36.9 Å². The van der Waals surface area contributed by atoms with Gasteiger partial charge < -0.3 is 0 Å². The van der Waals surface area contributed by atoms with E-state index in [4.69, 9.17) is 5.26 Å². The smallest absolute Gasteiger partial charge is 0.271 e. The molecular weight excluding hydrogens is 332 g/mol. The summed E-state index contributed by atoms with van der Waals surface area (Å²) in [7, 11) is -7.11. The topological polar surface area (TPSA) is 104 Å². The zero-order chi connectivity index (χ0) is 15.7. The first-order chi connectivity index (χ1) is 9.72. The third-order valence-corrected chi connectivity index (χ3v) is 6.48. The van der Waals surface area contributed by atoms with Crippen molar-refractivity contribution in [3.8, 4) is 6.07 Å². The highest BCUT2D eigenvalue weighted by Crippen LogP contribution is 2.24. The third kappa shape index (κ3) is 3.60. The molecule has 0 amide bonds. The maximum atomic E-state index is 12.1. The number of nitrogens with zero attached hydrogens (tertiary/aromatic N) is 1. The molecule has 0 atom stereocenters. The fourth-order valence-corrected chi connectivity index (χ4v) is 4.29. The van der Waals surface area contributed by atoms with E-state index in [1.54, 1.807) is 0 Å². The van der Waals surface area contributed by atoms with E-state index in [1.807, 2.05) is 6.07 Å². The zero-order valence-electron chi connectivity index (χ0n) is 10.8. The number of hydrogen-bond acceptors (Lipinski definition) is 6. The number of benzene rings is 1. The van der Waals surface area contributed by atoms with Crippen LogP contribution in [0, 0.1) is 11.3 Å². The van der Waals surface area contributed by atoms with E-state index in [9.17, 15) is 16.8 Å². The first-order valence-electron chi connectivity index (χ1n) is 5.55. The van der Waals surface area contributed by atoms with Gasteiger partial charge in [-0.25, -0.2) is 16.8 Å². The largest absolute Gasteiger partial charge is 0.279 e. The molecule has 0 unspecified atom stereocenters. The molecule has 1 heterocycles. The predicted molar refractivity (Wildman–Crippen MR) is 79.4 cm³/mol. The van der Waals surface area contributed by atoms with Crippen molar-refractivity contribution in [3.05, 3.63) is 41.3 Å². The average molecular weight is 342 g/mol. The summed E-state index contributed by atoms with van der Waals surface area (Å²) in [5, 5.41) is 8.70. The van der Waals surface area contributed by atoms with Crippen LogP contribution < -0.4 is 4.72 Å². The van der Waals surface area contributed by atoms with Crippen LogP contribution in [0.15, 0.2) is 45.5 Å². The van der Waals surface area contributed by atoms with Gasteiger partial charge in [0, 0.05) is 11.9 Å². The lowest BCUT2D eigenvalue weighted by Crippen LogP contribution is -2.11. The van der Waals surface area contributed by atoms with Crippen molar-refractivity contribution in [2.75, 3.05) is 11.0 Å². The molecule has 0 aliphatic rings. The Balaban J connectivity index is 2.27. The van der Waals surface area contributed by atoms with Crippen LogP contribution in [-0.4, -0.2) is 23.1 Å². The number of thiophene rings is 1. The lowest BCUT2D eigenvalue weighted by Gasteiger charge is -2.06. The number of rotatable bonds is 4. The molecule has 0 fully saturated rings. The minimum absolute atomic E-state index is 0.0197. The van der Waals surface area contributed by atoms with E-state index in [-0.39, 0.29) is 14.8 Å². The molecule has 1 aromatic carbocycles. The van der Waals surface area contributed by atoms with Gasteiger partial charge in [-0.2, -0.15) is 5.26 Å². The zero-order valence-corrected chi connectivity index (χ0v) is 13.2. The number of hydrogen-bond donors (Lipinski definition) is 1. The summed E-state index contributed by atoms with van der Waals surface area (Å²) in [6.45, 7) is 0. The van der Waals surface area contributed by atoms with Crippen molar-refractivity contribution in [2.45, 2.75) is 9.10 Å². The average Bonchev–Trinajstić information content (AvgIpc) is 2.87. The van der Waals surface area contributed by atoms with Crippen molar-refractivity contribution in [3.63, 3.8) is 0 Å². The number of anilines is 1. The Kier molecular flexibility index (Phi) is 4.04. The van der Waals surface area contributed by atoms with Crippen LogP contribution in [0.4, 0.5) is 5.69 Å². The van der Waals surface area contributed by atoms with Gasteiger partial charge in [0.2, 0.25) is 0 Å². The van der Waals surface area contributed by atoms with E-state index in [1.165, 1.54) is 36.4 Å². The maximum Gasteiger partial charge on any atom is 0.271 e. The van der Waals surface area contributed by atoms with Gasteiger partial charge in [-0.1, -0.05) is 0 Å². The summed E-state index contributed by atoms with van der Waals surface area (Å²) in [4.78, 5) is 0.399. The molecule has 2 aromatic rings. The summed E-state index contributed by atoms with van der Waals surface area (Å²) in [6.07, 6.45) is 1.07. The normalized spacial score (nSPS) is 11.8. The second-order valence-electron chi connectivity index (χ2n) is 4.13. The number of nitriles is 1. The molecule has 9 heteroatoms. The van der Waals surface area contributed by atoms with Gasteiger partial charge in [0.1, 0.15) is 15.2 Å². The Labute approximate surface area is 126 Å². The lowest BCUT2D eigenvalue weighted by atomic mass is 10.3. The number of sulfone groups is 1. The number of nitrogens with one attached hydrogen (secondary N) is 1. The first-order valence-corrected chi connectivity index (χ1v) is 9.74. The summed E-state index contributed by atoms with van der Waals surface area (Å²) in [6, 6.07) is 10.0. The molecule has 21 heavy (non-hydrogen) atoms. The van der Waals surface area contributed by atoms with Crippen LogP contribution >= 0.6 is 11.3 Å². The van der Waals surface area contributed by atoms with Crippen LogP contribution in [0.25, 0.3) is 0 Å². The van der Waals surface area contributed by atoms with Gasteiger partial charge in [-0.05, 0) is 36.4 Å². The molecule has 0 saturated heterocycles. The fourth-order valence-electron chi connectivity index (χ4n) is 1.50. The lowest BCUT2D eigenvalue weighted by molar-refractivity contribution is 0.601. The van der Waals surface area contributed by atoms with E-state index >= 15 is 0 Å². The van der Waals surface area contributed by atoms with Gasteiger partial charge in [-0.15, -0.1) is 11.3 Å². The summed E-state index contributed by atoms with van der Waals surface area (Å²) >= 11 is 0.859. The minimum Gasteiger partial charge on any atom is -0.279 e. The van der Waals surface area contributed by atoms with E-state index in [0.29, 0.717) is 4.88 Å². The van der Waals surface area contributed by atoms with Gasteiger partial charge in [0.25, 0.3) is 10.0 Å². The molecule has 1 N–H and O–H groups in total. The molecule has 0 bridgehead atoms. The van der Waals surface area contributed by atoms with Gasteiger partial charge in [0.15, 0.2) is 9.84 Å². The molecular formula is C12H10N2O4S3. The van der Waals surface area contributed by atoms with Crippen LogP contribution in [0.1, 0.15) is 4.88 Å². The Morgan fingerprint density at radius 3 is 2.14 bits per heavy atom. The van der Waals surface area contributed by atoms with Gasteiger partial charge >= 0.3 is 0 Å². The molecule has 6 nitrogen and oxygen atoms in total. The molecule has 0 saturated carbocycles. The second kappa shape index (κ2) is 5.48. The van der Waals surface area contributed by atoms with E-state index < -0.39 is 19.9 Å². The van der Waals surface area contributed by atoms with Crippen molar-refractivity contribution in [1.29, 1.82) is 5.26 Å².